The molecule has 0 radical (unpaired) electrons. The first-order valence-electron chi connectivity index (χ1n) is 7.22. The first-order chi connectivity index (χ1) is 11.2. The standard InChI is InChI=1S/C18H13NO4/c1-11-12-6-2-4-8-14(12)23-17(11)18(20)21-10-16-19-13-7-3-5-9-15(13)22-16/h2-9H,10H2,1H3. The third-order valence-corrected chi connectivity index (χ3v) is 3.69. The van der Waals surface area contributed by atoms with E-state index in [9.17, 15) is 4.79 Å². The van der Waals surface area contributed by atoms with Crippen LogP contribution in [0.2, 0.25) is 0 Å². The molecule has 4 rings (SSSR count). The number of aromatic nitrogens is 1. The van der Waals surface area contributed by atoms with Gasteiger partial charge >= 0.3 is 5.97 Å². The maximum absolute atomic E-state index is 12.2. The molecule has 23 heavy (non-hydrogen) atoms. The molecule has 2 aromatic carbocycles. The van der Waals surface area contributed by atoms with Crippen LogP contribution in [0, 0.1) is 6.92 Å². The number of aryl methyl sites for hydroxylation is 1. The van der Waals surface area contributed by atoms with Crippen molar-refractivity contribution in [1.82, 2.24) is 4.98 Å². The number of rotatable bonds is 3. The van der Waals surface area contributed by atoms with Crippen molar-refractivity contribution in [2.24, 2.45) is 0 Å². The Balaban J connectivity index is 1.56. The second-order valence-corrected chi connectivity index (χ2v) is 5.20. The van der Waals surface area contributed by atoms with Crippen LogP contribution in [-0.4, -0.2) is 11.0 Å². The number of para-hydroxylation sites is 3. The quantitative estimate of drug-likeness (QED) is 0.530. The van der Waals surface area contributed by atoms with Crippen molar-refractivity contribution < 1.29 is 18.4 Å². The zero-order chi connectivity index (χ0) is 15.8. The third kappa shape index (κ3) is 2.36. The SMILES string of the molecule is Cc1c(C(=O)OCc2nc3ccccc3o2)oc2ccccc12. The van der Waals surface area contributed by atoms with Crippen molar-refractivity contribution in [3.8, 4) is 0 Å². The molecule has 0 saturated carbocycles. The van der Waals surface area contributed by atoms with Gasteiger partial charge in [-0.3, -0.25) is 0 Å². The van der Waals surface area contributed by atoms with Crippen LogP contribution in [0.4, 0.5) is 0 Å². The number of esters is 1. The second-order valence-electron chi connectivity index (χ2n) is 5.20. The minimum Gasteiger partial charge on any atom is -0.450 e. The Kier molecular flexibility index (Phi) is 3.12. The van der Waals surface area contributed by atoms with Gasteiger partial charge in [0.2, 0.25) is 11.7 Å². The fourth-order valence-electron chi connectivity index (χ4n) is 2.54. The number of hydrogen-bond donors (Lipinski definition) is 0. The number of carbonyl (C=O) groups is 1. The van der Waals surface area contributed by atoms with E-state index in [1.807, 2.05) is 55.5 Å². The Morgan fingerprint density at radius 2 is 1.78 bits per heavy atom. The van der Waals surface area contributed by atoms with Crippen molar-refractivity contribution in [2.45, 2.75) is 13.5 Å². The van der Waals surface area contributed by atoms with Crippen LogP contribution in [0.3, 0.4) is 0 Å². The number of ether oxygens (including phenoxy) is 1. The van der Waals surface area contributed by atoms with E-state index in [-0.39, 0.29) is 12.4 Å². The lowest BCUT2D eigenvalue weighted by molar-refractivity contribution is 0.0405. The minimum absolute atomic E-state index is 0.0377. The molecular weight excluding hydrogens is 294 g/mol. The zero-order valence-electron chi connectivity index (χ0n) is 12.4. The van der Waals surface area contributed by atoms with E-state index in [2.05, 4.69) is 4.98 Å². The Morgan fingerprint density at radius 1 is 1.04 bits per heavy atom. The molecular formula is C18H13NO4. The Bertz CT molecular complexity index is 979. The van der Waals surface area contributed by atoms with Crippen LogP contribution in [0.1, 0.15) is 22.0 Å². The number of benzene rings is 2. The number of carbonyl (C=O) groups excluding carboxylic acids is 1. The molecule has 2 heterocycles. The molecule has 5 nitrogen and oxygen atoms in total. The van der Waals surface area contributed by atoms with Gasteiger partial charge in [0, 0.05) is 10.9 Å². The third-order valence-electron chi connectivity index (χ3n) is 3.69. The van der Waals surface area contributed by atoms with Crippen LogP contribution in [0.15, 0.2) is 57.4 Å². The lowest BCUT2D eigenvalue weighted by Crippen LogP contribution is -2.05. The highest BCUT2D eigenvalue weighted by Gasteiger charge is 2.19. The maximum Gasteiger partial charge on any atom is 0.375 e. The van der Waals surface area contributed by atoms with E-state index in [0.29, 0.717) is 17.1 Å². The number of hydrogen-bond acceptors (Lipinski definition) is 5. The molecule has 0 aliphatic rings. The van der Waals surface area contributed by atoms with E-state index < -0.39 is 5.97 Å². The molecule has 0 fully saturated rings. The van der Waals surface area contributed by atoms with Crippen molar-refractivity contribution in [1.29, 1.82) is 0 Å². The molecule has 2 aromatic heterocycles. The molecule has 0 atom stereocenters. The summed E-state index contributed by atoms with van der Waals surface area (Å²) < 4.78 is 16.4. The molecule has 114 valence electrons. The van der Waals surface area contributed by atoms with Gasteiger partial charge in [-0.05, 0) is 25.1 Å². The van der Waals surface area contributed by atoms with Crippen molar-refractivity contribution in [3.05, 3.63) is 65.7 Å². The van der Waals surface area contributed by atoms with Gasteiger partial charge in [-0.25, -0.2) is 9.78 Å². The fraction of sp³-hybridized carbons (Fsp3) is 0.111. The predicted molar refractivity (Wildman–Crippen MR) is 84.1 cm³/mol. The number of oxazole rings is 1. The highest BCUT2D eigenvalue weighted by Crippen LogP contribution is 2.25. The van der Waals surface area contributed by atoms with E-state index in [4.69, 9.17) is 13.6 Å². The predicted octanol–water partition coefficient (Wildman–Crippen LogP) is 4.24. The molecule has 5 heteroatoms. The average molecular weight is 307 g/mol. The highest BCUT2D eigenvalue weighted by molar-refractivity contribution is 5.95. The molecule has 0 saturated heterocycles. The van der Waals surface area contributed by atoms with Crippen molar-refractivity contribution in [3.63, 3.8) is 0 Å². The lowest BCUT2D eigenvalue weighted by Gasteiger charge is -2.00. The van der Waals surface area contributed by atoms with Crippen molar-refractivity contribution in [2.75, 3.05) is 0 Å². The van der Waals surface area contributed by atoms with E-state index >= 15 is 0 Å². The van der Waals surface area contributed by atoms with Gasteiger partial charge in [0.15, 0.2) is 12.2 Å². The topological polar surface area (TPSA) is 65.5 Å². The molecule has 4 aromatic rings. The summed E-state index contributed by atoms with van der Waals surface area (Å²) in [6.45, 7) is 1.80. The second kappa shape index (κ2) is 5.28. The summed E-state index contributed by atoms with van der Waals surface area (Å²) in [5.41, 5.74) is 2.83. The highest BCUT2D eigenvalue weighted by atomic mass is 16.6. The smallest absolute Gasteiger partial charge is 0.375 e. The summed E-state index contributed by atoms with van der Waals surface area (Å²) in [5, 5.41) is 0.904. The zero-order valence-corrected chi connectivity index (χ0v) is 12.4. The number of furan rings is 1. The van der Waals surface area contributed by atoms with Crippen LogP contribution in [-0.2, 0) is 11.3 Å². The molecule has 0 aliphatic carbocycles. The van der Waals surface area contributed by atoms with E-state index in [0.717, 1.165) is 16.5 Å². The average Bonchev–Trinajstić information content (AvgIpc) is 3.14. The van der Waals surface area contributed by atoms with Crippen LogP contribution >= 0.6 is 0 Å². The van der Waals surface area contributed by atoms with E-state index in [1.165, 1.54) is 0 Å². The molecule has 0 N–H and O–H groups in total. The first kappa shape index (κ1) is 13.6. The summed E-state index contributed by atoms with van der Waals surface area (Å²) in [7, 11) is 0. The Morgan fingerprint density at radius 3 is 2.57 bits per heavy atom. The summed E-state index contributed by atoms with van der Waals surface area (Å²) in [6.07, 6.45) is 0. The summed E-state index contributed by atoms with van der Waals surface area (Å²) in [5.74, 6) is 0.0385. The molecule has 0 spiro atoms. The van der Waals surface area contributed by atoms with Gasteiger partial charge in [0.25, 0.3) is 0 Å². The summed E-state index contributed by atoms with van der Waals surface area (Å²) in [6, 6.07) is 14.9. The van der Waals surface area contributed by atoms with Crippen LogP contribution < -0.4 is 0 Å². The summed E-state index contributed by atoms with van der Waals surface area (Å²) in [4.78, 5) is 16.5. The minimum atomic E-state index is -0.527. The van der Waals surface area contributed by atoms with Gasteiger partial charge < -0.3 is 13.6 Å². The van der Waals surface area contributed by atoms with Gasteiger partial charge in [-0.1, -0.05) is 30.3 Å². The van der Waals surface area contributed by atoms with Crippen LogP contribution in [0.25, 0.3) is 22.1 Å². The molecule has 0 amide bonds. The summed E-state index contributed by atoms with van der Waals surface area (Å²) >= 11 is 0. The molecule has 0 unspecified atom stereocenters. The van der Waals surface area contributed by atoms with Gasteiger partial charge in [0.1, 0.15) is 11.1 Å². The van der Waals surface area contributed by atoms with Gasteiger partial charge in [-0.2, -0.15) is 0 Å². The van der Waals surface area contributed by atoms with Gasteiger partial charge in [-0.15, -0.1) is 0 Å². The Labute approximate surface area is 131 Å². The van der Waals surface area contributed by atoms with Gasteiger partial charge in [0.05, 0.1) is 0 Å². The lowest BCUT2D eigenvalue weighted by atomic mass is 10.1. The largest absolute Gasteiger partial charge is 0.450 e. The normalized spacial score (nSPS) is 11.2. The number of fused-ring (bicyclic) bond motifs is 2. The fourth-order valence-corrected chi connectivity index (χ4v) is 2.54. The monoisotopic (exact) mass is 307 g/mol. The van der Waals surface area contributed by atoms with Crippen LogP contribution in [0.5, 0.6) is 0 Å². The molecule has 0 aliphatic heterocycles. The maximum atomic E-state index is 12.2. The van der Waals surface area contributed by atoms with Crippen molar-refractivity contribution >= 4 is 28.0 Å². The molecule has 0 bridgehead atoms. The van der Waals surface area contributed by atoms with E-state index in [1.54, 1.807) is 0 Å². The first-order valence-corrected chi connectivity index (χ1v) is 7.22. The Hall–Kier alpha value is -3.08. The number of nitrogens with zero attached hydrogens (tertiary/aromatic N) is 1.